The molecule has 1 aromatic carbocycles. The second kappa shape index (κ2) is 8.33. The highest BCUT2D eigenvalue weighted by Crippen LogP contribution is 2.34. The van der Waals surface area contributed by atoms with E-state index in [2.05, 4.69) is 40.1 Å². The lowest BCUT2D eigenvalue weighted by Gasteiger charge is -2.12. The molecule has 0 bridgehead atoms. The van der Waals surface area contributed by atoms with Gasteiger partial charge in [-0.15, -0.1) is 11.8 Å². The van der Waals surface area contributed by atoms with Crippen molar-refractivity contribution >= 4 is 29.3 Å². The topological polar surface area (TPSA) is 70.6 Å². The Balaban J connectivity index is 1.41. The quantitative estimate of drug-likeness (QED) is 0.833. The number of amides is 2. The molecule has 0 unspecified atom stereocenters. The van der Waals surface area contributed by atoms with Gasteiger partial charge in [-0.2, -0.15) is 5.10 Å². The summed E-state index contributed by atoms with van der Waals surface area (Å²) >= 11 is 1.99. The van der Waals surface area contributed by atoms with Gasteiger partial charge in [0, 0.05) is 29.5 Å². The summed E-state index contributed by atoms with van der Waals surface area (Å²) in [5, 5.41) is 7.45. The van der Waals surface area contributed by atoms with E-state index in [1.54, 1.807) is 0 Å². The van der Waals surface area contributed by atoms with Crippen molar-refractivity contribution in [2.45, 2.75) is 55.1 Å². The van der Waals surface area contributed by atoms with E-state index in [0.29, 0.717) is 25.1 Å². The van der Waals surface area contributed by atoms with Crippen molar-refractivity contribution in [2.24, 2.45) is 5.10 Å². The molecule has 5 nitrogen and oxygen atoms in total. The SMILES string of the molecule is O=C1CCC(C(=O)NCCc2ccc(SC3CCCC3)cc2)=NN1. The molecule has 1 saturated carbocycles. The van der Waals surface area contributed by atoms with Gasteiger partial charge in [0.2, 0.25) is 5.91 Å². The first-order chi connectivity index (χ1) is 11.7. The van der Waals surface area contributed by atoms with E-state index in [1.165, 1.54) is 36.1 Å². The molecule has 3 rings (SSSR count). The number of hydrogen-bond acceptors (Lipinski definition) is 4. The van der Waals surface area contributed by atoms with Crippen LogP contribution in [0.2, 0.25) is 0 Å². The molecular weight excluding hydrogens is 322 g/mol. The number of thioether (sulfide) groups is 1. The summed E-state index contributed by atoms with van der Waals surface area (Å²) in [5.41, 5.74) is 3.96. The molecule has 2 amide bonds. The predicted molar refractivity (Wildman–Crippen MR) is 96.1 cm³/mol. The molecule has 0 saturated heterocycles. The Bertz CT molecular complexity index is 622. The van der Waals surface area contributed by atoms with Gasteiger partial charge in [-0.1, -0.05) is 25.0 Å². The van der Waals surface area contributed by atoms with Crippen LogP contribution in [0.15, 0.2) is 34.3 Å². The standard InChI is InChI=1S/C18H23N3O2S/c22-17-10-9-16(20-21-17)18(23)19-12-11-13-5-7-15(8-6-13)24-14-3-1-2-4-14/h5-8,14H,1-4,9-12H2,(H,19,23)(H,21,22). The van der Waals surface area contributed by atoms with Crippen LogP contribution in [0.3, 0.4) is 0 Å². The fraction of sp³-hybridized carbons (Fsp3) is 0.500. The van der Waals surface area contributed by atoms with Gasteiger partial charge < -0.3 is 5.32 Å². The summed E-state index contributed by atoms with van der Waals surface area (Å²) in [6.07, 6.45) is 6.93. The molecule has 24 heavy (non-hydrogen) atoms. The van der Waals surface area contributed by atoms with Crippen LogP contribution in [0.1, 0.15) is 44.1 Å². The van der Waals surface area contributed by atoms with Gasteiger partial charge in [-0.05, 0) is 37.0 Å². The van der Waals surface area contributed by atoms with Gasteiger partial charge in [0.15, 0.2) is 0 Å². The molecule has 1 aliphatic carbocycles. The Morgan fingerprint density at radius 2 is 1.96 bits per heavy atom. The number of benzene rings is 1. The number of hydrogen-bond donors (Lipinski definition) is 2. The molecule has 1 heterocycles. The molecule has 1 aliphatic heterocycles. The zero-order valence-electron chi connectivity index (χ0n) is 13.7. The van der Waals surface area contributed by atoms with Crippen molar-refractivity contribution in [3.05, 3.63) is 29.8 Å². The summed E-state index contributed by atoms with van der Waals surface area (Å²) in [5.74, 6) is -0.328. The van der Waals surface area contributed by atoms with Crippen LogP contribution < -0.4 is 10.7 Å². The Morgan fingerprint density at radius 1 is 1.21 bits per heavy atom. The van der Waals surface area contributed by atoms with Crippen LogP contribution in [0.25, 0.3) is 0 Å². The molecule has 0 atom stereocenters. The monoisotopic (exact) mass is 345 g/mol. The molecule has 6 heteroatoms. The zero-order valence-corrected chi connectivity index (χ0v) is 14.5. The van der Waals surface area contributed by atoms with Crippen molar-refractivity contribution in [3.8, 4) is 0 Å². The molecule has 2 aliphatic rings. The maximum absolute atomic E-state index is 11.9. The second-order valence-electron chi connectivity index (χ2n) is 6.27. The van der Waals surface area contributed by atoms with Crippen molar-refractivity contribution in [1.29, 1.82) is 0 Å². The molecule has 1 fully saturated rings. The highest BCUT2D eigenvalue weighted by Gasteiger charge is 2.18. The van der Waals surface area contributed by atoms with Gasteiger partial charge >= 0.3 is 0 Å². The summed E-state index contributed by atoms with van der Waals surface area (Å²) in [6.45, 7) is 0.570. The first-order valence-corrected chi connectivity index (χ1v) is 9.48. The summed E-state index contributed by atoms with van der Waals surface area (Å²) in [6, 6.07) is 8.64. The van der Waals surface area contributed by atoms with Gasteiger partial charge in [-0.3, -0.25) is 9.59 Å². The molecule has 0 aromatic heterocycles. The minimum absolute atomic E-state index is 0.137. The maximum Gasteiger partial charge on any atom is 0.267 e. The predicted octanol–water partition coefficient (Wildman–Crippen LogP) is 2.65. The van der Waals surface area contributed by atoms with E-state index < -0.39 is 0 Å². The van der Waals surface area contributed by atoms with Gasteiger partial charge in [0.05, 0.1) is 0 Å². The molecule has 2 N–H and O–H groups in total. The number of hydrazone groups is 1. The van der Waals surface area contributed by atoms with Crippen molar-refractivity contribution in [3.63, 3.8) is 0 Å². The zero-order chi connectivity index (χ0) is 16.8. The largest absolute Gasteiger partial charge is 0.351 e. The third-order valence-electron chi connectivity index (χ3n) is 4.39. The van der Waals surface area contributed by atoms with Crippen molar-refractivity contribution in [1.82, 2.24) is 10.7 Å². The Kier molecular flexibility index (Phi) is 5.91. The number of nitrogens with zero attached hydrogens (tertiary/aromatic N) is 1. The van der Waals surface area contributed by atoms with Gasteiger partial charge in [0.25, 0.3) is 5.91 Å². The number of carbonyl (C=O) groups is 2. The van der Waals surface area contributed by atoms with Gasteiger partial charge in [0.1, 0.15) is 5.71 Å². The third-order valence-corrected chi connectivity index (χ3v) is 5.74. The third kappa shape index (κ3) is 4.84. The number of rotatable bonds is 6. The fourth-order valence-electron chi connectivity index (χ4n) is 2.99. The van der Waals surface area contributed by atoms with Crippen LogP contribution in [0.4, 0.5) is 0 Å². The van der Waals surface area contributed by atoms with Crippen LogP contribution in [-0.2, 0) is 16.0 Å². The minimum Gasteiger partial charge on any atom is -0.351 e. The molecule has 1 aromatic rings. The van der Waals surface area contributed by atoms with Crippen LogP contribution in [0, 0.1) is 0 Å². The summed E-state index contributed by atoms with van der Waals surface area (Å²) < 4.78 is 0. The lowest BCUT2D eigenvalue weighted by Crippen LogP contribution is -2.37. The Hall–Kier alpha value is -1.82. The van der Waals surface area contributed by atoms with Crippen LogP contribution in [0.5, 0.6) is 0 Å². The smallest absolute Gasteiger partial charge is 0.267 e. The van der Waals surface area contributed by atoms with E-state index in [0.717, 1.165) is 11.7 Å². The van der Waals surface area contributed by atoms with E-state index in [9.17, 15) is 9.59 Å². The molecule has 128 valence electrons. The first-order valence-electron chi connectivity index (χ1n) is 8.60. The Morgan fingerprint density at radius 3 is 2.62 bits per heavy atom. The normalized spacial score (nSPS) is 18.2. The number of nitrogens with one attached hydrogen (secondary N) is 2. The fourth-order valence-corrected chi connectivity index (χ4v) is 4.24. The average Bonchev–Trinajstić information content (AvgIpc) is 3.10. The second-order valence-corrected chi connectivity index (χ2v) is 7.64. The van der Waals surface area contributed by atoms with E-state index in [-0.39, 0.29) is 11.8 Å². The van der Waals surface area contributed by atoms with Crippen LogP contribution in [-0.4, -0.2) is 29.3 Å². The first kappa shape index (κ1) is 17.0. The van der Waals surface area contributed by atoms with E-state index >= 15 is 0 Å². The van der Waals surface area contributed by atoms with Gasteiger partial charge in [-0.25, -0.2) is 5.43 Å². The van der Waals surface area contributed by atoms with E-state index in [4.69, 9.17) is 0 Å². The molecule has 0 spiro atoms. The van der Waals surface area contributed by atoms with Crippen LogP contribution >= 0.6 is 11.8 Å². The summed E-state index contributed by atoms with van der Waals surface area (Å²) in [7, 11) is 0. The van der Waals surface area contributed by atoms with Crippen molar-refractivity contribution < 1.29 is 9.59 Å². The van der Waals surface area contributed by atoms with Crippen molar-refractivity contribution in [2.75, 3.05) is 6.54 Å². The summed E-state index contributed by atoms with van der Waals surface area (Å²) in [4.78, 5) is 24.3. The highest BCUT2D eigenvalue weighted by atomic mass is 32.2. The maximum atomic E-state index is 11.9. The molecule has 0 radical (unpaired) electrons. The minimum atomic E-state index is -0.191. The average molecular weight is 345 g/mol. The highest BCUT2D eigenvalue weighted by molar-refractivity contribution is 8.00. The number of carbonyl (C=O) groups excluding carboxylic acids is 2. The Labute approximate surface area is 146 Å². The molecular formula is C18H23N3O2S. The lowest BCUT2D eigenvalue weighted by atomic mass is 10.1. The van der Waals surface area contributed by atoms with E-state index in [1.807, 2.05) is 11.8 Å². The lowest BCUT2D eigenvalue weighted by molar-refractivity contribution is -0.121.